The largest absolute Gasteiger partial charge is 0.326 e. The first-order valence-electron chi connectivity index (χ1n) is 6.36. The van der Waals surface area contributed by atoms with Crippen LogP contribution in [0, 0.1) is 0 Å². The van der Waals surface area contributed by atoms with Crippen LogP contribution in [0.5, 0.6) is 0 Å². The van der Waals surface area contributed by atoms with E-state index >= 15 is 0 Å². The summed E-state index contributed by atoms with van der Waals surface area (Å²) in [5.41, 5.74) is 8.21. The molecule has 0 unspecified atom stereocenters. The minimum Gasteiger partial charge on any atom is -0.326 e. The zero-order valence-corrected chi connectivity index (χ0v) is 12.8. The minimum atomic E-state index is 0.507. The van der Waals surface area contributed by atoms with E-state index in [0.717, 1.165) is 10.6 Å². The number of nitrogens with two attached hydrogens (primary N) is 1. The van der Waals surface area contributed by atoms with E-state index in [1.54, 1.807) is 11.8 Å². The second-order valence-corrected chi connectivity index (χ2v) is 6.33. The van der Waals surface area contributed by atoms with Crippen LogP contribution in [0.1, 0.15) is 30.9 Å². The fraction of sp³-hybridized carbons (Fsp3) is 0.250. The highest BCUT2D eigenvalue weighted by atomic mass is 35.5. The van der Waals surface area contributed by atoms with Crippen LogP contribution in [0.25, 0.3) is 0 Å². The second kappa shape index (κ2) is 6.47. The molecule has 0 fully saturated rings. The van der Waals surface area contributed by atoms with E-state index in [4.69, 9.17) is 17.3 Å². The van der Waals surface area contributed by atoms with Crippen LogP contribution >= 0.6 is 23.4 Å². The summed E-state index contributed by atoms with van der Waals surface area (Å²) in [4.78, 5) is 2.39. The number of hydrogen-bond acceptors (Lipinski definition) is 2. The van der Waals surface area contributed by atoms with Gasteiger partial charge in [0.1, 0.15) is 0 Å². The van der Waals surface area contributed by atoms with Crippen molar-refractivity contribution in [2.24, 2.45) is 5.73 Å². The maximum Gasteiger partial charge on any atom is 0.0410 e. The number of rotatable bonds is 4. The van der Waals surface area contributed by atoms with Crippen LogP contribution in [0.3, 0.4) is 0 Å². The van der Waals surface area contributed by atoms with Gasteiger partial charge in [-0.3, -0.25) is 0 Å². The molecule has 3 heteroatoms. The summed E-state index contributed by atoms with van der Waals surface area (Å²) in [5.74, 6) is 0.564. The van der Waals surface area contributed by atoms with E-state index in [0.29, 0.717) is 12.5 Å². The molecule has 0 atom stereocenters. The van der Waals surface area contributed by atoms with Crippen LogP contribution in [0.2, 0.25) is 5.02 Å². The zero-order chi connectivity index (χ0) is 13.8. The highest BCUT2D eigenvalue weighted by Gasteiger charge is 2.05. The van der Waals surface area contributed by atoms with Gasteiger partial charge in [-0.1, -0.05) is 49.3 Å². The van der Waals surface area contributed by atoms with Gasteiger partial charge in [0.2, 0.25) is 0 Å². The van der Waals surface area contributed by atoms with Crippen molar-refractivity contribution >= 4 is 23.4 Å². The molecule has 2 rings (SSSR count). The Labute approximate surface area is 124 Å². The van der Waals surface area contributed by atoms with E-state index in [1.165, 1.54) is 15.4 Å². The lowest BCUT2D eigenvalue weighted by Gasteiger charge is -2.09. The first kappa shape index (κ1) is 14.4. The SMILES string of the molecule is CC(C)c1ccc(Sc2ccc(Cl)cc2CN)cc1. The van der Waals surface area contributed by atoms with E-state index in [1.807, 2.05) is 18.2 Å². The van der Waals surface area contributed by atoms with Gasteiger partial charge < -0.3 is 5.73 Å². The topological polar surface area (TPSA) is 26.0 Å². The lowest BCUT2D eigenvalue weighted by Crippen LogP contribution is -1.98. The summed E-state index contributed by atoms with van der Waals surface area (Å²) in [5, 5.41) is 0.736. The molecule has 0 spiro atoms. The Balaban J connectivity index is 2.21. The summed E-state index contributed by atoms with van der Waals surface area (Å²) in [6.45, 7) is 4.91. The molecule has 0 saturated carbocycles. The number of benzene rings is 2. The lowest BCUT2D eigenvalue weighted by atomic mass is 10.0. The highest BCUT2D eigenvalue weighted by Crippen LogP contribution is 2.32. The molecule has 0 amide bonds. The van der Waals surface area contributed by atoms with Crippen LogP contribution in [-0.4, -0.2) is 0 Å². The Kier molecular flexibility index (Phi) is 4.92. The van der Waals surface area contributed by atoms with Crippen molar-refractivity contribution in [2.75, 3.05) is 0 Å². The average molecular weight is 292 g/mol. The zero-order valence-electron chi connectivity index (χ0n) is 11.2. The molecule has 0 bridgehead atoms. The van der Waals surface area contributed by atoms with Crippen LogP contribution in [0.4, 0.5) is 0 Å². The molecule has 0 aliphatic rings. The molecule has 0 aliphatic carbocycles. The Morgan fingerprint density at radius 2 is 1.79 bits per heavy atom. The third-order valence-corrected chi connectivity index (χ3v) is 4.38. The number of hydrogen-bond donors (Lipinski definition) is 1. The average Bonchev–Trinajstić information content (AvgIpc) is 2.41. The third-order valence-electron chi connectivity index (χ3n) is 3.02. The van der Waals surface area contributed by atoms with Crippen molar-refractivity contribution in [2.45, 2.75) is 36.1 Å². The third kappa shape index (κ3) is 3.75. The molecule has 0 radical (unpaired) electrons. The molecule has 0 heterocycles. The van der Waals surface area contributed by atoms with Gasteiger partial charge in [-0.25, -0.2) is 0 Å². The van der Waals surface area contributed by atoms with Crippen molar-refractivity contribution in [1.29, 1.82) is 0 Å². The molecule has 100 valence electrons. The van der Waals surface area contributed by atoms with E-state index in [-0.39, 0.29) is 0 Å². The number of halogens is 1. The van der Waals surface area contributed by atoms with Gasteiger partial charge in [-0.2, -0.15) is 0 Å². The van der Waals surface area contributed by atoms with Gasteiger partial charge in [0.25, 0.3) is 0 Å². The van der Waals surface area contributed by atoms with Crippen molar-refractivity contribution in [3.63, 3.8) is 0 Å². The smallest absolute Gasteiger partial charge is 0.0410 e. The van der Waals surface area contributed by atoms with Crippen LogP contribution in [0.15, 0.2) is 52.3 Å². The molecular formula is C16H18ClNS. The van der Waals surface area contributed by atoms with Crippen molar-refractivity contribution < 1.29 is 0 Å². The summed E-state index contributed by atoms with van der Waals surface area (Å²) in [6, 6.07) is 14.6. The van der Waals surface area contributed by atoms with Crippen molar-refractivity contribution in [1.82, 2.24) is 0 Å². The summed E-state index contributed by atoms with van der Waals surface area (Å²) >= 11 is 7.72. The predicted molar refractivity (Wildman–Crippen MR) is 84.0 cm³/mol. The fourth-order valence-electron chi connectivity index (χ4n) is 1.85. The highest BCUT2D eigenvalue weighted by molar-refractivity contribution is 7.99. The minimum absolute atomic E-state index is 0.507. The fourth-order valence-corrected chi connectivity index (χ4v) is 2.99. The normalized spacial score (nSPS) is 11.0. The van der Waals surface area contributed by atoms with Gasteiger partial charge in [0.05, 0.1) is 0 Å². The molecule has 2 N–H and O–H groups in total. The molecule has 1 nitrogen and oxygen atoms in total. The van der Waals surface area contributed by atoms with Crippen LogP contribution < -0.4 is 5.73 Å². The van der Waals surface area contributed by atoms with Gasteiger partial charge in [-0.05, 0) is 47.4 Å². The van der Waals surface area contributed by atoms with Crippen LogP contribution in [-0.2, 0) is 6.54 Å². The lowest BCUT2D eigenvalue weighted by molar-refractivity contribution is 0.865. The molecule has 0 aromatic heterocycles. The molecule has 2 aromatic rings. The van der Waals surface area contributed by atoms with Crippen molar-refractivity contribution in [3.05, 3.63) is 58.6 Å². The van der Waals surface area contributed by atoms with E-state index in [2.05, 4.69) is 38.1 Å². The first-order chi connectivity index (χ1) is 9.10. The quantitative estimate of drug-likeness (QED) is 0.851. The Morgan fingerprint density at radius 1 is 1.11 bits per heavy atom. The Morgan fingerprint density at radius 3 is 2.37 bits per heavy atom. The molecule has 19 heavy (non-hydrogen) atoms. The maximum absolute atomic E-state index is 5.99. The van der Waals surface area contributed by atoms with E-state index < -0.39 is 0 Å². The molecular weight excluding hydrogens is 274 g/mol. The molecule has 0 saturated heterocycles. The van der Waals surface area contributed by atoms with Crippen molar-refractivity contribution in [3.8, 4) is 0 Å². The Bertz CT molecular complexity index is 549. The van der Waals surface area contributed by atoms with E-state index in [9.17, 15) is 0 Å². The Hall–Kier alpha value is -0.960. The predicted octanol–water partition coefficient (Wildman–Crippen LogP) is 5.07. The van der Waals surface area contributed by atoms with Gasteiger partial charge in [0, 0.05) is 21.4 Å². The van der Waals surface area contributed by atoms with Gasteiger partial charge >= 0.3 is 0 Å². The summed E-state index contributed by atoms with van der Waals surface area (Å²) in [7, 11) is 0. The second-order valence-electron chi connectivity index (χ2n) is 4.78. The monoisotopic (exact) mass is 291 g/mol. The molecule has 2 aromatic carbocycles. The molecule has 0 aliphatic heterocycles. The standard InChI is InChI=1S/C16H18ClNS/c1-11(2)12-3-6-15(7-4-12)19-16-8-5-14(17)9-13(16)10-18/h3-9,11H,10,18H2,1-2H3. The summed E-state index contributed by atoms with van der Waals surface area (Å²) < 4.78 is 0. The summed E-state index contributed by atoms with van der Waals surface area (Å²) in [6.07, 6.45) is 0. The first-order valence-corrected chi connectivity index (χ1v) is 7.56. The van der Waals surface area contributed by atoms with Gasteiger partial charge in [-0.15, -0.1) is 0 Å². The van der Waals surface area contributed by atoms with Gasteiger partial charge in [0.15, 0.2) is 0 Å². The maximum atomic E-state index is 5.99.